The molecule has 0 spiro atoms. The Balaban J connectivity index is 1.71. The molecule has 0 unspecified atom stereocenters. The van der Waals surface area contributed by atoms with Crippen molar-refractivity contribution in [3.63, 3.8) is 0 Å². The van der Waals surface area contributed by atoms with Crippen molar-refractivity contribution in [1.29, 1.82) is 0 Å². The number of benzene rings is 1. The van der Waals surface area contributed by atoms with Crippen molar-refractivity contribution in [2.24, 2.45) is 5.92 Å². The van der Waals surface area contributed by atoms with Crippen molar-refractivity contribution in [3.8, 4) is 0 Å². The van der Waals surface area contributed by atoms with Gasteiger partial charge >= 0.3 is 6.18 Å². The first kappa shape index (κ1) is 18.2. The van der Waals surface area contributed by atoms with Crippen LogP contribution in [0.1, 0.15) is 35.8 Å². The number of nitrogens with one attached hydrogen (secondary N) is 1. The zero-order chi connectivity index (χ0) is 18.7. The minimum absolute atomic E-state index is 0.0797. The summed E-state index contributed by atoms with van der Waals surface area (Å²) in [4.78, 5) is 18.6. The molecule has 0 radical (unpaired) electrons. The average Bonchev–Trinajstić information content (AvgIpc) is 2.62. The number of rotatable bonds is 3. The van der Waals surface area contributed by atoms with Gasteiger partial charge in [0.25, 0.3) is 5.91 Å². The fraction of sp³-hybridized carbons (Fsp3) is 0.368. The van der Waals surface area contributed by atoms with Crippen molar-refractivity contribution < 1.29 is 18.0 Å². The average molecular weight is 363 g/mol. The second-order valence-electron chi connectivity index (χ2n) is 6.57. The minimum Gasteiger partial charge on any atom is -0.370 e. The summed E-state index contributed by atoms with van der Waals surface area (Å²) in [6, 6.07) is 8.21. The van der Waals surface area contributed by atoms with Crippen LogP contribution in [0.25, 0.3) is 0 Å². The van der Waals surface area contributed by atoms with Crippen molar-refractivity contribution >= 4 is 17.3 Å². The summed E-state index contributed by atoms with van der Waals surface area (Å²) in [7, 11) is 0. The van der Waals surface area contributed by atoms with E-state index in [4.69, 9.17) is 0 Å². The van der Waals surface area contributed by atoms with Gasteiger partial charge in [0.2, 0.25) is 0 Å². The Morgan fingerprint density at radius 1 is 1.15 bits per heavy atom. The number of nitrogens with zero attached hydrogens (tertiary/aromatic N) is 2. The van der Waals surface area contributed by atoms with Gasteiger partial charge < -0.3 is 10.2 Å². The van der Waals surface area contributed by atoms with Gasteiger partial charge in [0.15, 0.2) is 0 Å². The smallest absolute Gasteiger partial charge is 0.370 e. The molecule has 2 heterocycles. The van der Waals surface area contributed by atoms with E-state index in [9.17, 15) is 18.0 Å². The van der Waals surface area contributed by atoms with Gasteiger partial charge in [-0.25, -0.2) is 4.98 Å². The molecular formula is C19H20F3N3O. The third kappa shape index (κ3) is 4.15. The number of piperidine rings is 1. The summed E-state index contributed by atoms with van der Waals surface area (Å²) in [6.45, 7) is 4.10. The van der Waals surface area contributed by atoms with Gasteiger partial charge in [-0.3, -0.25) is 4.79 Å². The number of aromatic nitrogens is 1. The molecule has 0 saturated carbocycles. The second-order valence-corrected chi connectivity index (χ2v) is 6.57. The van der Waals surface area contributed by atoms with Crippen LogP contribution in [-0.4, -0.2) is 24.0 Å². The van der Waals surface area contributed by atoms with Crippen LogP contribution >= 0.6 is 0 Å². The lowest BCUT2D eigenvalue weighted by molar-refractivity contribution is -0.136. The first-order valence-corrected chi connectivity index (χ1v) is 8.53. The summed E-state index contributed by atoms with van der Waals surface area (Å²) in [5.41, 5.74) is -0.159. The van der Waals surface area contributed by atoms with E-state index in [1.165, 1.54) is 18.2 Å². The highest BCUT2D eigenvalue weighted by Gasteiger charge is 2.33. The van der Waals surface area contributed by atoms with E-state index < -0.39 is 17.6 Å². The molecule has 7 heteroatoms. The Labute approximate surface area is 150 Å². The molecular weight excluding hydrogens is 343 g/mol. The number of anilines is 2. The van der Waals surface area contributed by atoms with Crippen molar-refractivity contribution in [2.45, 2.75) is 25.9 Å². The number of hydrogen-bond acceptors (Lipinski definition) is 3. The molecule has 0 bridgehead atoms. The van der Waals surface area contributed by atoms with E-state index >= 15 is 0 Å². The van der Waals surface area contributed by atoms with Crippen LogP contribution in [0, 0.1) is 5.92 Å². The lowest BCUT2D eigenvalue weighted by atomic mass is 9.99. The largest absolute Gasteiger partial charge is 0.418 e. The summed E-state index contributed by atoms with van der Waals surface area (Å²) in [6.07, 6.45) is -0.722. The third-order valence-electron chi connectivity index (χ3n) is 4.61. The first-order chi connectivity index (χ1) is 12.3. The third-order valence-corrected chi connectivity index (χ3v) is 4.61. The Bertz CT molecular complexity index is 766. The van der Waals surface area contributed by atoms with Gasteiger partial charge in [-0.2, -0.15) is 13.2 Å². The maximum atomic E-state index is 13.0. The number of alkyl halides is 3. The summed E-state index contributed by atoms with van der Waals surface area (Å²) >= 11 is 0. The number of pyridine rings is 1. The second kappa shape index (κ2) is 7.35. The van der Waals surface area contributed by atoms with Gasteiger partial charge in [-0.05, 0) is 43.0 Å². The SMILES string of the molecule is CC1CCN(c2ccc(C(=O)Nc3ccccc3C(F)(F)F)nc2)CC1. The molecule has 1 aliphatic heterocycles. The lowest BCUT2D eigenvalue weighted by Crippen LogP contribution is -2.32. The number of hydrogen-bond donors (Lipinski definition) is 1. The van der Waals surface area contributed by atoms with Crippen LogP contribution < -0.4 is 10.2 Å². The maximum Gasteiger partial charge on any atom is 0.418 e. The van der Waals surface area contributed by atoms with Crippen molar-refractivity contribution in [3.05, 3.63) is 53.9 Å². The number of carbonyl (C=O) groups excluding carboxylic acids is 1. The van der Waals surface area contributed by atoms with E-state index in [1.54, 1.807) is 18.3 Å². The molecule has 1 saturated heterocycles. The van der Waals surface area contributed by atoms with E-state index in [1.807, 2.05) is 0 Å². The molecule has 0 aliphatic carbocycles. The first-order valence-electron chi connectivity index (χ1n) is 8.53. The highest BCUT2D eigenvalue weighted by Crippen LogP contribution is 2.34. The summed E-state index contributed by atoms with van der Waals surface area (Å²) in [5, 5.41) is 2.30. The zero-order valence-electron chi connectivity index (χ0n) is 14.4. The van der Waals surface area contributed by atoms with E-state index in [0.717, 1.165) is 37.7 Å². The number of halogens is 3. The van der Waals surface area contributed by atoms with Crippen LogP contribution in [0.4, 0.5) is 24.5 Å². The Hall–Kier alpha value is -2.57. The molecule has 2 aromatic rings. The highest BCUT2D eigenvalue weighted by molar-refractivity contribution is 6.03. The number of amides is 1. The van der Waals surface area contributed by atoms with E-state index in [2.05, 4.69) is 22.1 Å². The molecule has 1 amide bonds. The predicted octanol–water partition coefficient (Wildman–Crippen LogP) is 4.59. The maximum absolute atomic E-state index is 13.0. The molecule has 4 nitrogen and oxygen atoms in total. The molecule has 1 aliphatic rings. The van der Waals surface area contributed by atoms with E-state index in [0.29, 0.717) is 5.92 Å². The predicted molar refractivity (Wildman–Crippen MR) is 94.2 cm³/mol. The standard InChI is InChI=1S/C19H20F3N3O/c1-13-8-10-25(11-9-13)14-6-7-17(23-12-14)18(26)24-16-5-3-2-4-15(16)19(20,21)22/h2-7,12-13H,8-11H2,1H3,(H,24,26). The minimum atomic E-state index is -4.54. The Kier molecular flexibility index (Phi) is 5.15. The molecule has 1 aromatic heterocycles. The van der Waals surface area contributed by atoms with Gasteiger partial charge in [0.05, 0.1) is 23.1 Å². The van der Waals surface area contributed by atoms with Crippen LogP contribution in [-0.2, 0) is 6.18 Å². The van der Waals surface area contributed by atoms with Gasteiger partial charge in [0.1, 0.15) is 5.69 Å². The fourth-order valence-corrected chi connectivity index (χ4v) is 3.00. The van der Waals surface area contributed by atoms with Crippen LogP contribution in [0.15, 0.2) is 42.6 Å². The monoisotopic (exact) mass is 363 g/mol. The van der Waals surface area contributed by atoms with Crippen molar-refractivity contribution in [2.75, 3.05) is 23.3 Å². The normalized spacial score (nSPS) is 15.8. The Morgan fingerprint density at radius 2 is 1.85 bits per heavy atom. The molecule has 1 N–H and O–H groups in total. The molecule has 138 valence electrons. The molecule has 26 heavy (non-hydrogen) atoms. The fourth-order valence-electron chi connectivity index (χ4n) is 3.00. The van der Waals surface area contributed by atoms with Crippen LogP contribution in [0.5, 0.6) is 0 Å². The van der Waals surface area contributed by atoms with Crippen LogP contribution in [0.2, 0.25) is 0 Å². The summed E-state index contributed by atoms with van der Waals surface area (Å²) < 4.78 is 39.0. The number of para-hydroxylation sites is 1. The highest BCUT2D eigenvalue weighted by atomic mass is 19.4. The number of carbonyl (C=O) groups is 1. The van der Waals surface area contributed by atoms with Crippen molar-refractivity contribution in [1.82, 2.24) is 4.98 Å². The quantitative estimate of drug-likeness (QED) is 0.868. The molecule has 1 aromatic carbocycles. The topological polar surface area (TPSA) is 45.2 Å². The summed E-state index contributed by atoms with van der Waals surface area (Å²) in [5.74, 6) is 0.0403. The van der Waals surface area contributed by atoms with Crippen LogP contribution in [0.3, 0.4) is 0 Å². The van der Waals surface area contributed by atoms with Gasteiger partial charge in [0, 0.05) is 13.1 Å². The van der Waals surface area contributed by atoms with Gasteiger partial charge in [-0.1, -0.05) is 19.1 Å². The molecule has 0 atom stereocenters. The van der Waals surface area contributed by atoms with Gasteiger partial charge in [-0.15, -0.1) is 0 Å². The Morgan fingerprint density at radius 3 is 2.46 bits per heavy atom. The lowest BCUT2D eigenvalue weighted by Gasteiger charge is -2.31. The molecule has 3 rings (SSSR count). The van der Waals surface area contributed by atoms with E-state index in [-0.39, 0.29) is 11.4 Å². The molecule has 1 fully saturated rings. The zero-order valence-corrected chi connectivity index (χ0v) is 14.4.